The van der Waals surface area contributed by atoms with Gasteiger partial charge in [0.25, 0.3) is 0 Å². The van der Waals surface area contributed by atoms with Crippen LogP contribution in [0.5, 0.6) is 0 Å². The third-order valence-corrected chi connectivity index (χ3v) is 4.37. The van der Waals surface area contributed by atoms with Crippen molar-refractivity contribution in [2.75, 3.05) is 12.3 Å². The average molecular weight is 338 g/mol. The van der Waals surface area contributed by atoms with Gasteiger partial charge in [-0.25, -0.2) is 0 Å². The van der Waals surface area contributed by atoms with Gasteiger partial charge in [0, 0.05) is 18.0 Å². The van der Waals surface area contributed by atoms with Crippen molar-refractivity contribution in [3.8, 4) is 5.69 Å². The van der Waals surface area contributed by atoms with E-state index >= 15 is 0 Å². The number of hydrogen-bond acceptors (Lipinski definition) is 6. The van der Waals surface area contributed by atoms with Gasteiger partial charge in [-0.1, -0.05) is 23.4 Å². The molecule has 0 saturated carbocycles. The van der Waals surface area contributed by atoms with Crippen LogP contribution in [-0.4, -0.2) is 49.2 Å². The highest BCUT2D eigenvalue weighted by atomic mass is 35.5. The molecule has 2 amide bonds. The predicted octanol–water partition coefficient (Wildman–Crippen LogP) is 1.56. The number of halogens is 1. The van der Waals surface area contributed by atoms with Gasteiger partial charge in [0.1, 0.15) is 0 Å². The summed E-state index contributed by atoms with van der Waals surface area (Å²) in [5.74, 6) is -0.194. The molecule has 1 fully saturated rings. The fourth-order valence-corrected chi connectivity index (χ4v) is 3.02. The summed E-state index contributed by atoms with van der Waals surface area (Å²) in [4.78, 5) is 24.9. The van der Waals surface area contributed by atoms with E-state index in [4.69, 9.17) is 11.6 Å². The molecule has 1 aliphatic heterocycles. The number of aromatic nitrogens is 4. The van der Waals surface area contributed by atoms with Crippen LogP contribution in [0.3, 0.4) is 0 Å². The minimum absolute atomic E-state index is 0.108. The van der Waals surface area contributed by atoms with Crippen molar-refractivity contribution >= 4 is 35.2 Å². The fraction of sp³-hybridized carbons (Fsp3) is 0.308. The van der Waals surface area contributed by atoms with Crippen LogP contribution in [0.15, 0.2) is 29.4 Å². The number of likely N-dealkylation sites (tertiary alicyclic amines) is 1. The molecule has 1 aromatic heterocycles. The fourth-order valence-electron chi connectivity index (χ4n) is 2.13. The summed E-state index contributed by atoms with van der Waals surface area (Å²) < 4.78 is 1.53. The number of hydrogen-bond donors (Lipinski definition) is 0. The Morgan fingerprint density at radius 2 is 2.09 bits per heavy atom. The predicted molar refractivity (Wildman–Crippen MR) is 80.8 cm³/mol. The summed E-state index contributed by atoms with van der Waals surface area (Å²) in [5.41, 5.74) is 0.751. The van der Waals surface area contributed by atoms with Crippen molar-refractivity contribution < 1.29 is 9.59 Å². The van der Waals surface area contributed by atoms with Gasteiger partial charge in [-0.05, 0) is 41.1 Å². The summed E-state index contributed by atoms with van der Waals surface area (Å²) in [7, 11) is 0. The Labute approximate surface area is 135 Å². The van der Waals surface area contributed by atoms with Crippen LogP contribution < -0.4 is 0 Å². The molecular formula is C13H12ClN5O2S. The molecule has 2 aromatic rings. The zero-order chi connectivity index (χ0) is 15.5. The topological polar surface area (TPSA) is 81.0 Å². The number of carbonyl (C=O) groups is 2. The number of tetrazole rings is 1. The second-order valence-corrected chi connectivity index (χ2v) is 6.06. The first-order chi connectivity index (χ1) is 10.6. The van der Waals surface area contributed by atoms with Crippen LogP contribution in [0.2, 0.25) is 5.02 Å². The maximum absolute atomic E-state index is 12.0. The molecule has 7 nitrogen and oxygen atoms in total. The van der Waals surface area contributed by atoms with Crippen molar-refractivity contribution in [3.05, 3.63) is 29.3 Å². The highest BCUT2D eigenvalue weighted by molar-refractivity contribution is 7.99. The molecule has 114 valence electrons. The van der Waals surface area contributed by atoms with Gasteiger partial charge >= 0.3 is 0 Å². The summed E-state index contributed by atoms with van der Waals surface area (Å²) in [6.45, 7) is 0.500. The second kappa shape index (κ2) is 6.45. The number of imide groups is 1. The van der Waals surface area contributed by atoms with Crippen molar-refractivity contribution in [2.45, 2.75) is 18.0 Å². The zero-order valence-corrected chi connectivity index (χ0v) is 13.0. The van der Waals surface area contributed by atoms with Gasteiger partial charge in [0.05, 0.1) is 11.4 Å². The van der Waals surface area contributed by atoms with Crippen LogP contribution in [0.25, 0.3) is 5.69 Å². The normalized spacial score (nSPS) is 14.6. The molecule has 0 atom stereocenters. The van der Waals surface area contributed by atoms with E-state index in [0.29, 0.717) is 23.1 Å². The molecule has 1 saturated heterocycles. The van der Waals surface area contributed by atoms with Crippen molar-refractivity contribution in [2.24, 2.45) is 0 Å². The molecule has 0 bridgehead atoms. The molecule has 2 heterocycles. The molecule has 1 aliphatic rings. The Kier molecular flexibility index (Phi) is 4.39. The van der Waals surface area contributed by atoms with E-state index in [-0.39, 0.29) is 17.6 Å². The zero-order valence-electron chi connectivity index (χ0n) is 11.5. The number of nitrogens with zero attached hydrogens (tertiary/aromatic N) is 5. The Hall–Kier alpha value is -1.93. The number of carbonyl (C=O) groups excluding carboxylic acids is 2. The highest BCUT2D eigenvalue weighted by Crippen LogP contribution is 2.21. The Morgan fingerprint density at radius 3 is 2.77 bits per heavy atom. The molecule has 9 heteroatoms. The Morgan fingerprint density at radius 1 is 1.32 bits per heavy atom. The lowest BCUT2D eigenvalue weighted by Crippen LogP contribution is -2.33. The van der Waals surface area contributed by atoms with Gasteiger partial charge in [0.2, 0.25) is 17.0 Å². The lowest BCUT2D eigenvalue weighted by atomic mass is 10.3. The summed E-state index contributed by atoms with van der Waals surface area (Å²) in [6.07, 6.45) is 1.18. The Bertz CT molecular complexity index is 703. The first-order valence-corrected chi connectivity index (χ1v) is 8.02. The van der Waals surface area contributed by atoms with Crippen molar-refractivity contribution in [1.82, 2.24) is 25.1 Å². The van der Waals surface area contributed by atoms with E-state index in [2.05, 4.69) is 15.5 Å². The summed E-state index contributed by atoms with van der Waals surface area (Å²) >= 11 is 7.05. The van der Waals surface area contributed by atoms with E-state index in [1.165, 1.54) is 21.3 Å². The monoisotopic (exact) mass is 337 g/mol. The molecule has 22 heavy (non-hydrogen) atoms. The van der Waals surface area contributed by atoms with Crippen LogP contribution in [0.1, 0.15) is 12.8 Å². The van der Waals surface area contributed by atoms with Gasteiger partial charge in [-0.15, -0.1) is 5.10 Å². The summed E-state index contributed by atoms with van der Waals surface area (Å²) in [5, 5.41) is 12.6. The number of benzene rings is 1. The second-order valence-electron chi connectivity index (χ2n) is 4.68. The molecule has 0 N–H and O–H groups in total. The van der Waals surface area contributed by atoms with E-state index < -0.39 is 0 Å². The molecule has 0 unspecified atom stereocenters. The standard InChI is InChI=1S/C13H12ClN5O2S/c14-9-3-5-10(6-4-9)19-13(15-16-17-19)22-8-12(21)18-7-1-2-11(18)20/h3-6H,1-2,7-8H2. The van der Waals surface area contributed by atoms with Crippen LogP contribution in [0, 0.1) is 0 Å². The summed E-state index contributed by atoms with van der Waals surface area (Å²) in [6, 6.07) is 7.05. The third-order valence-electron chi connectivity index (χ3n) is 3.21. The highest BCUT2D eigenvalue weighted by Gasteiger charge is 2.26. The van der Waals surface area contributed by atoms with Crippen LogP contribution in [-0.2, 0) is 9.59 Å². The van der Waals surface area contributed by atoms with Crippen LogP contribution in [0.4, 0.5) is 0 Å². The first kappa shape index (κ1) is 15.0. The molecule has 0 radical (unpaired) electrons. The average Bonchev–Trinajstić information content (AvgIpc) is 3.14. The minimum atomic E-state index is -0.210. The van der Waals surface area contributed by atoms with E-state index in [1.807, 2.05) is 0 Å². The lowest BCUT2D eigenvalue weighted by molar-refractivity contribution is -0.140. The van der Waals surface area contributed by atoms with Crippen LogP contribution >= 0.6 is 23.4 Å². The third kappa shape index (κ3) is 3.12. The number of rotatable bonds is 4. The maximum Gasteiger partial charge on any atom is 0.239 e. The van der Waals surface area contributed by atoms with E-state index in [1.54, 1.807) is 24.3 Å². The maximum atomic E-state index is 12.0. The Balaban J connectivity index is 1.69. The quantitative estimate of drug-likeness (QED) is 0.787. The molecule has 0 aliphatic carbocycles. The first-order valence-electron chi connectivity index (χ1n) is 6.65. The van der Waals surface area contributed by atoms with Gasteiger partial charge in [0.15, 0.2) is 0 Å². The molecular weight excluding hydrogens is 326 g/mol. The van der Waals surface area contributed by atoms with E-state index in [9.17, 15) is 9.59 Å². The molecule has 0 spiro atoms. The van der Waals surface area contributed by atoms with Gasteiger partial charge in [-0.3, -0.25) is 14.5 Å². The number of amides is 2. The molecule has 3 rings (SSSR count). The van der Waals surface area contributed by atoms with Gasteiger partial charge in [-0.2, -0.15) is 4.68 Å². The largest absolute Gasteiger partial charge is 0.282 e. The molecule has 1 aromatic carbocycles. The van der Waals surface area contributed by atoms with Crippen molar-refractivity contribution in [3.63, 3.8) is 0 Å². The SMILES string of the molecule is O=C1CCCN1C(=O)CSc1nnnn1-c1ccc(Cl)cc1. The smallest absolute Gasteiger partial charge is 0.239 e. The van der Waals surface area contributed by atoms with E-state index in [0.717, 1.165) is 12.1 Å². The lowest BCUT2D eigenvalue weighted by Gasteiger charge is -2.12. The minimum Gasteiger partial charge on any atom is -0.282 e. The number of thioether (sulfide) groups is 1. The van der Waals surface area contributed by atoms with Gasteiger partial charge < -0.3 is 0 Å². The van der Waals surface area contributed by atoms with Crippen molar-refractivity contribution in [1.29, 1.82) is 0 Å².